The van der Waals surface area contributed by atoms with Gasteiger partial charge in [0.25, 0.3) is 5.91 Å². The molecule has 0 bridgehead atoms. The quantitative estimate of drug-likeness (QED) is 0.720. The van der Waals surface area contributed by atoms with Crippen molar-refractivity contribution < 1.29 is 24.5 Å². The number of carbonyl (C=O) groups is 2. The van der Waals surface area contributed by atoms with Gasteiger partial charge in [0.2, 0.25) is 0 Å². The Morgan fingerprint density at radius 2 is 1.71 bits per heavy atom. The second-order valence-corrected chi connectivity index (χ2v) is 5.34. The van der Waals surface area contributed by atoms with Crippen molar-refractivity contribution in [2.45, 2.75) is 13.0 Å². The van der Waals surface area contributed by atoms with E-state index in [0.29, 0.717) is 5.75 Å². The topological polar surface area (TPSA) is 95.9 Å². The summed E-state index contributed by atoms with van der Waals surface area (Å²) in [5, 5.41) is 21.5. The lowest BCUT2D eigenvalue weighted by Gasteiger charge is -2.14. The van der Waals surface area contributed by atoms with Gasteiger partial charge in [-0.1, -0.05) is 29.8 Å². The summed E-state index contributed by atoms with van der Waals surface area (Å²) in [7, 11) is 0. The molecule has 1 amide bonds. The van der Waals surface area contributed by atoms with E-state index >= 15 is 0 Å². The number of rotatable bonds is 7. The third-order valence-corrected chi connectivity index (χ3v) is 3.36. The number of hydrogen-bond acceptors (Lipinski definition) is 4. The number of amides is 1. The van der Waals surface area contributed by atoms with Crippen molar-refractivity contribution in [2.24, 2.45) is 0 Å². The summed E-state index contributed by atoms with van der Waals surface area (Å²) in [6, 6.07) is 13.3. The molecule has 2 rings (SSSR count). The van der Waals surface area contributed by atoms with E-state index in [1.807, 2.05) is 19.1 Å². The fourth-order valence-electron chi connectivity index (χ4n) is 2.06. The molecule has 6 heteroatoms. The smallest absolute Gasteiger partial charge is 0.336 e. The molecule has 126 valence electrons. The van der Waals surface area contributed by atoms with E-state index in [4.69, 9.17) is 9.84 Å². The van der Waals surface area contributed by atoms with Gasteiger partial charge in [-0.15, -0.1) is 0 Å². The van der Waals surface area contributed by atoms with Crippen molar-refractivity contribution in [3.63, 3.8) is 0 Å². The molecule has 1 atom stereocenters. The Labute approximate surface area is 139 Å². The summed E-state index contributed by atoms with van der Waals surface area (Å²) in [5.74, 6) is -1.10. The van der Waals surface area contributed by atoms with Crippen LogP contribution in [0, 0.1) is 6.92 Å². The first kappa shape index (κ1) is 17.5. The molecule has 2 aromatic carbocycles. The zero-order valence-corrected chi connectivity index (χ0v) is 13.2. The Kier molecular flexibility index (Phi) is 5.92. The maximum absolute atomic E-state index is 12.1. The molecule has 0 aromatic heterocycles. The summed E-state index contributed by atoms with van der Waals surface area (Å²) >= 11 is 0. The Morgan fingerprint density at radius 3 is 2.33 bits per heavy atom. The first-order valence-electron chi connectivity index (χ1n) is 7.45. The van der Waals surface area contributed by atoms with E-state index < -0.39 is 18.0 Å². The molecule has 0 unspecified atom stereocenters. The third-order valence-electron chi connectivity index (χ3n) is 3.36. The molecule has 6 nitrogen and oxygen atoms in total. The molecule has 0 saturated heterocycles. The second kappa shape index (κ2) is 8.12. The number of ether oxygens (including phenoxy) is 1. The molecular formula is C18H19NO5. The lowest BCUT2D eigenvalue weighted by atomic mass is 10.1. The van der Waals surface area contributed by atoms with Crippen LogP contribution in [0.15, 0.2) is 48.5 Å². The number of aliphatic hydroxyl groups is 1. The summed E-state index contributed by atoms with van der Waals surface area (Å²) in [5.41, 5.74) is 1.07. The average molecular weight is 329 g/mol. The van der Waals surface area contributed by atoms with Crippen molar-refractivity contribution >= 4 is 11.9 Å². The molecule has 0 heterocycles. The summed E-state index contributed by atoms with van der Waals surface area (Å²) < 4.78 is 5.43. The highest BCUT2D eigenvalue weighted by Crippen LogP contribution is 2.12. The van der Waals surface area contributed by atoms with E-state index in [-0.39, 0.29) is 24.3 Å². The molecule has 3 N–H and O–H groups in total. The number of aliphatic hydroxyl groups excluding tert-OH is 1. The fourth-order valence-corrected chi connectivity index (χ4v) is 2.06. The summed E-state index contributed by atoms with van der Waals surface area (Å²) in [6.45, 7) is 1.94. The predicted molar refractivity (Wildman–Crippen MR) is 88.4 cm³/mol. The van der Waals surface area contributed by atoms with Crippen LogP contribution in [-0.2, 0) is 0 Å². The van der Waals surface area contributed by atoms with Crippen molar-refractivity contribution in [1.29, 1.82) is 0 Å². The predicted octanol–water partition coefficient (Wildman–Crippen LogP) is 1.86. The molecule has 0 aliphatic carbocycles. The first-order valence-corrected chi connectivity index (χ1v) is 7.45. The maximum Gasteiger partial charge on any atom is 0.336 e. The van der Waals surface area contributed by atoms with Gasteiger partial charge < -0.3 is 20.3 Å². The van der Waals surface area contributed by atoms with Gasteiger partial charge in [0.05, 0.1) is 11.1 Å². The second-order valence-electron chi connectivity index (χ2n) is 5.34. The number of aromatic carboxylic acids is 1. The van der Waals surface area contributed by atoms with Crippen LogP contribution in [0.5, 0.6) is 5.75 Å². The largest absolute Gasteiger partial charge is 0.491 e. The van der Waals surface area contributed by atoms with Crippen LogP contribution in [0.2, 0.25) is 0 Å². The van der Waals surface area contributed by atoms with Crippen LogP contribution < -0.4 is 10.1 Å². The molecule has 0 saturated carbocycles. The summed E-state index contributed by atoms with van der Waals surface area (Å²) in [6.07, 6.45) is -0.910. The van der Waals surface area contributed by atoms with Crippen LogP contribution >= 0.6 is 0 Å². The fraction of sp³-hybridized carbons (Fsp3) is 0.222. The van der Waals surface area contributed by atoms with Crippen molar-refractivity contribution in [3.05, 3.63) is 65.2 Å². The minimum Gasteiger partial charge on any atom is -0.491 e. The normalized spacial score (nSPS) is 11.6. The Morgan fingerprint density at radius 1 is 1.08 bits per heavy atom. The van der Waals surface area contributed by atoms with Crippen molar-refractivity contribution in [3.8, 4) is 5.75 Å². The maximum atomic E-state index is 12.1. The van der Waals surface area contributed by atoms with Crippen LogP contribution in [0.3, 0.4) is 0 Å². The number of benzene rings is 2. The van der Waals surface area contributed by atoms with Crippen LogP contribution in [-0.4, -0.2) is 41.3 Å². The summed E-state index contributed by atoms with van der Waals surface area (Å²) in [4.78, 5) is 23.2. The van der Waals surface area contributed by atoms with Gasteiger partial charge in [0.1, 0.15) is 18.5 Å². The number of aryl methyl sites for hydroxylation is 1. The lowest BCUT2D eigenvalue weighted by Crippen LogP contribution is -2.35. The van der Waals surface area contributed by atoms with Gasteiger partial charge in [0.15, 0.2) is 0 Å². The molecule has 0 aliphatic rings. The zero-order valence-electron chi connectivity index (χ0n) is 13.2. The standard InChI is InChI=1S/C18H19NO5/c1-12-6-8-14(9-7-12)24-11-13(20)10-19-17(21)15-4-2-3-5-16(15)18(22)23/h2-9,13,20H,10-11H2,1H3,(H,19,21)(H,22,23)/t13-/m1/s1. The number of carbonyl (C=O) groups excluding carboxylic acids is 1. The molecule has 0 radical (unpaired) electrons. The monoisotopic (exact) mass is 329 g/mol. The molecular weight excluding hydrogens is 310 g/mol. The van der Waals surface area contributed by atoms with Crippen molar-refractivity contribution in [1.82, 2.24) is 5.32 Å². The Bertz CT molecular complexity index is 712. The van der Waals surface area contributed by atoms with Gasteiger partial charge in [-0.3, -0.25) is 4.79 Å². The SMILES string of the molecule is Cc1ccc(OC[C@H](O)CNC(=O)c2ccccc2C(=O)O)cc1. The van der Waals surface area contributed by atoms with Crippen LogP contribution in [0.25, 0.3) is 0 Å². The molecule has 2 aromatic rings. The lowest BCUT2D eigenvalue weighted by molar-refractivity contribution is 0.0689. The van der Waals surface area contributed by atoms with Gasteiger partial charge in [0, 0.05) is 6.54 Å². The average Bonchev–Trinajstić information content (AvgIpc) is 2.59. The van der Waals surface area contributed by atoms with Crippen LogP contribution in [0.4, 0.5) is 0 Å². The highest BCUT2D eigenvalue weighted by atomic mass is 16.5. The van der Waals surface area contributed by atoms with Crippen molar-refractivity contribution in [2.75, 3.05) is 13.2 Å². The van der Waals surface area contributed by atoms with E-state index in [1.54, 1.807) is 24.3 Å². The van der Waals surface area contributed by atoms with E-state index in [1.165, 1.54) is 12.1 Å². The Balaban J connectivity index is 1.85. The highest BCUT2D eigenvalue weighted by molar-refractivity contribution is 6.04. The number of nitrogens with one attached hydrogen (secondary N) is 1. The molecule has 24 heavy (non-hydrogen) atoms. The molecule has 0 spiro atoms. The highest BCUT2D eigenvalue weighted by Gasteiger charge is 2.16. The number of hydrogen-bond donors (Lipinski definition) is 3. The van der Waals surface area contributed by atoms with E-state index in [0.717, 1.165) is 5.56 Å². The van der Waals surface area contributed by atoms with E-state index in [2.05, 4.69) is 5.32 Å². The minimum absolute atomic E-state index is 0.0178. The van der Waals surface area contributed by atoms with Gasteiger partial charge >= 0.3 is 5.97 Å². The van der Waals surface area contributed by atoms with Crippen LogP contribution in [0.1, 0.15) is 26.3 Å². The third kappa shape index (κ3) is 4.82. The van der Waals surface area contributed by atoms with E-state index in [9.17, 15) is 14.7 Å². The number of carboxylic acid groups (broad SMARTS) is 1. The Hall–Kier alpha value is -2.86. The first-order chi connectivity index (χ1) is 11.5. The number of carboxylic acids is 1. The van der Waals surface area contributed by atoms with Gasteiger partial charge in [-0.25, -0.2) is 4.79 Å². The van der Waals surface area contributed by atoms with Gasteiger partial charge in [-0.2, -0.15) is 0 Å². The molecule has 0 aliphatic heterocycles. The minimum atomic E-state index is -1.18. The zero-order chi connectivity index (χ0) is 17.5. The van der Waals surface area contributed by atoms with Gasteiger partial charge in [-0.05, 0) is 31.2 Å². The molecule has 0 fully saturated rings.